The summed E-state index contributed by atoms with van der Waals surface area (Å²) >= 11 is 0. The van der Waals surface area contributed by atoms with Gasteiger partial charge in [-0.2, -0.15) is 0 Å². The first-order valence-corrected chi connectivity index (χ1v) is 24.2. The zero-order chi connectivity index (χ0) is 47.5. The number of hydrogen-bond donors (Lipinski definition) is 0. The molecule has 14 rings (SSSR count). The molecule has 0 N–H and O–H groups in total. The van der Waals surface area contributed by atoms with Gasteiger partial charge in [-0.1, -0.05) is 180 Å². The predicted octanol–water partition coefficient (Wildman–Crippen LogP) is 17.3. The van der Waals surface area contributed by atoms with Crippen molar-refractivity contribution >= 4 is 64.9 Å². The standard InChI is InChI=1S/C68H39N4.Ir/c1-2-18-51(50(17-1)43-31-32-66(70-40-43)44-16-15-33-69-39-44)45-34-46(52-19-3-5-21-54(52)48-37-64-60-27-9-7-23-56(60)58-25-11-13-29-62(58)67(64)71-41-48)36-47(35-45)53-20-4-6-22-55(53)49-38-65-61-28-10-8-24-57(61)59-26-12-14-30-63(59)68(65)72-42-49;/h1-15,17-28,31-42H;/q-3;+3. The Morgan fingerprint density at radius 3 is 1.11 bits per heavy atom. The molecule has 0 unspecified atom stereocenters. The molecule has 0 saturated carbocycles. The van der Waals surface area contributed by atoms with E-state index in [4.69, 9.17) is 15.0 Å². The molecule has 4 aromatic heterocycles. The summed E-state index contributed by atoms with van der Waals surface area (Å²) in [6.07, 6.45) is 9.55. The molecule has 0 amide bonds. The minimum absolute atomic E-state index is 0. The molecule has 4 nitrogen and oxygen atoms in total. The predicted molar refractivity (Wildman–Crippen MR) is 297 cm³/mol. The van der Waals surface area contributed by atoms with Crippen LogP contribution in [0.4, 0.5) is 0 Å². The molecule has 5 heteroatoms. The maximum Gasteiger partial charge on any atom is 3.00 e. The first-order valence-electron chi connectivity index (χ1n) is 24.2. The van der Waals surface area contributed by atoms with Crippen molar-refractivity contribution in [1.82, 2.24) is 19.9 Å². The van der Waals surface area contributed by atoms with E-state index in [2.05, 4.69) is 211 Å². The summed E-state index contributed by atoms with van der Waals surface area (Å²) in [5.74, 6) is 0. The van der Waals surface area contributed by atoms with Crippen LogP contribution in [0.25, 0.3) is 143 Å². The summed E-state index contributed by atoms with van der Waals surface area (Å²) in [7, 11) is 0. The van der Waals surface area contributed by atoms with Crippen LogP contribution in [0.2, 0.25) is 0 Å². The first kappa shape index (κ1) is 44.0. The first-order chi connectivity index (χ1) is 35.7. The van der Waals surface area contributed by atoms with Crippen molar-refractivity contribution < 1.29 is 20.1 Å². The van der Waals surface area contributed by atoms with E-state index >= 15 is 0 Å². The molecular weight excluding hydrogens is 1060 g/mol. The Balaban J connectivity index is 0.00000516. The number of fused-ring (bicyclic) bond motifs is 12. The van der Waals surface area contributed by atoms with Crippen molar-refractivity contribution in [3.8, 4) is 78.0 Å². The van der Waals surface area contributed by atoms with Crippen LogP contribution in [0, 0.1) is 18.2 Å². The Morgan fingerprint density at radius 2 is 0.685 bits per heavy atom. The summed E-state index contributed by atoms with van der Waals surface area (Å²) in [6, 6.07) is 83.8. The zero-order valence-corrected chi connectivity index (χ0v) is 41.5. The number of benzene rings is 10. The molecule has 0 aliphatic heterocycles. The largest absolute Gasteiger partial charge is 3.00 e. The molecule has 73 heavy (non-hydrogen) atoms. The molecule has 0 radical (unpaired) electrons. The third-order valence-electron chi connectivity index (χ3n) is 14.2. The topological polar surface area (TPSA) is 51.6 Å². The van der Waals surface area contributed by atoms with Crippen LogP contribution < -0.4 is 0 Å². The van der Waals surface area contributed by atoms with Gasteiger partial charge in [-0.3, -0.25) is 0 Å². The molecule has 4 heterocycles. The van der Waals surface area contributed by atoms with E-state index in [1.54, 1.807) is 12.4 Å². The zero-order valence-electron chi connectivity index (χ0n) is 39.1. The van der Waals surface area contributed by atoms with Crippen LogP contribution >= 0.6 is 0 Å². The van der Waals surface area contributed by atoms with E-state index in [9.17, 15) is 0 Å². The molecule has 0 bridgehead atoms. The molecule has 0 spiro atoms. The number of aromatic nitrogens is 4. The number of nitrogens with zero attached hydrogens (tertiary/aromatic N) is 4. The monoisotopic (exact) mass is 1100 g/mol. The van der Waals surface area contributed by atoms with E-state index in [1.807, 2.05) is 36.8 Å². The van der Waals surface area contributed by atoms with Crippen LogP contribution in [0.1, 0.15) is 0 Å². The van der Waals surface area contributed by atoms with Gasteiger partial charge in [0.05, 0.1) is 0 Å². The Morgan fingerprint density at radius 1 is 0.288 bits per heavy atom. The van der Waals surface area contributed by atoms with Gasteiger partial charge in [0, 0.05) is 18.6 Å². The Labute approximate surface area is 435 Å². The van der Waals surface area contributed by atoms with Crippen LogP contribution in [-0.4, -0.2) is 19.9 Å². The summed E-state index contributed by atoms with van der Waals surface area (Å²) in [5, 5.41) is 11.3. The van der Waals surface area contributed by atoms with Crippen molar-refractivity contribution in [1.29, 1.82) is 0 Å². The van der Waals surface area contributed by atoms with Crippen molar-refractivity contribution in [2.75, 3.05) is 0 Å². The van der Waals surface area contributed by atoms with Crippen molar-refractivity contribution in [3.63, 3.8) is 0 Å². The Hall–Kier alpha value is -8.99. The van der Waals surface area contributed by atoms with E-state index in [1.165, 1.54) is 21.5 Å². The van der Waals surface area contributed by atoms with Crippen LogP contribution in [0.3, 0.4) is 0 Å². The fourth-order valence-electron chi connectivity index (χ4n) is 10.9. The van der Waals surface area contributed by atoms with Crippen molar-refractivity contribution in [2.45, 2.75) is 0 Å². The van der Waals surface area contributed by atoms with Crippen LogP contribution in [0.15, 0.2) is 237 Å². The number of rotatable bonds is 7. The summed E-state index contributed by atoms with van der Waals surface area (Å²) < 4.78 is 0. The summed E-state index contributed by atoms with van der Waals surface area (Å²) in [6.45, 7) is 0. The van der Waals surface area contributed by atoms with Gasteiger partial charge < -0.3 is 19.9 Å². The van der Waals surface area contributed by atoms with E-state index in [0.717, 1.165) is 121 Å². The molecule has 14 aromatic rings. The number of hydrogen-bond acceptors (Lipinski definition) is 4. The number of pyridine rings is 4. The van der Waals surface area contributed by atoms with Gasteiger partial charge in [-0.25, -0.2) is 0 Å². The Kier molecular flexibility index (Phi) is 11.0. The van der Waals surface area contributed by atoms with Gasteiger partial charge in [-0.05, 0) is 123 Å². The average molecular weight is 1100 g/mol. The summed E-state index contributed by atoms with van der Waals surface area (Å²) in [5.41, 5.74) is 16.5. The average Bonchev–Trinajstić information content (AvgIpc) is 3.47. The normalized spacial score (nSPS) is 11.5. The van der Waals surface area contributed by atoms with Gasteiger partial charge in [0.25, 0.3) is 0 Å². The van der Waals surface area contributed by atoms with Gasteiger partial charge >= 0.3 is 20.1 Å². The Bertz CT molecular complexity index is 4160. The molecule has 340 valence electrons. The third kappa shape index (κ3) is 7.57. The van der Waals surface area contributed by atoms with E-state index in [0.29, 0.717) is 0 Å². The van der Waals surface area contributed by atoms with Gasteiger partial charge in [0.15, 0.2) is 0 Å². The van der Waals surface area contributed by atoms with Crippen molar-refractivity contribution in [2.24, 2.45) is 0 Å². The maximum absolute atomic E-state index is 5.22. The quantitative estimate of drug-likeness (QED) is 0.118. The van der Waals surface area contributed by atoms with Crippen LogP contribution in [-0.2, 0) is 20.1 Å². The molecular formula is C68H39IrN4. The smallest absolute Gasteiger partial charge is 0.360 e. The molecule has 0 saturated heterocycles. The van der Waals surface area contributed by atoms with E-state index in [-0.39, 0.29) is 20.1 Å². The summed E-state index contributed by atoms with van der Waals surface area (Å²) in [4.78, 5) is 19.7. The van der Waals surface area contributed by atoms with Gasteiger partial charge in [0.2, 0.25) is 0 Å². The molecule has 0 aliphatic rings. The van der Waals surface area contributed by atoms with Crippen molar-refractivity contribution in [3.05, 3.63) is 255 Å². The SMILES string of the molecule is [Ir+3].[c-]1ccncc1-c1ccc(-c2ccccc2-c2cc(-c3ccccc3-c3cnc4c5[c-]cccc5c5ccccc5c4c3)cc(-c3ccccc3-c3cnc4c5[c-]cccc5c5ccccc5c4c3)c2)cn1. The minimum Gasteiger partial charge on any atom is -0.360 e. The van der Waals surface area contributed by atoms with Gasteiger partial charge in [-0.15, -0.1) is 77.0 Å². The molecule has 0 aliphatic carbocycles. The second-order valence-corrected chi connectivity index (χ2v) is 18.3. The van der Waals surface area contributed by atoms with Gasteiger partial charge in [0.1, 0.15) is 0 Å². The van der Waals surface area contributed by atoms with Crippen LogP contribution in [0.5, 0.6) is 0 Å². The molecule has 10 aromatic carbocycles. The fourth-order valence-corrected chi connectivity index (χ4v) is 10.9. The van der Waals surface area contributed by atoms with E-state index < -0.39 is 0 Å². The molecule has 0 atom stereocenters. The maximum atomic E-state index is 5.22. The fraction of sp³-hybridized carbons (Fsp3) is 0. The minimum atomic E-state index is 0. The second kappa shape index (κ2) is 18.3. The third-order valence-corrected chi connectivity index (χ3v) is 14.2. The second-order valence-electron chi connectivity index (χ2n) is 18.3. The molecule has 0 fully saturated rings.